The average molecular weight is 230 g/mol. The van der Waals surface area contributed by atoms with Gasteiger partial charge in [-0.15, -0.1) is 11.3 Å². The molecule has 0 radical (unpaired) electrons. The van der Waals surface area contributed by atoms with Crippen molar-refractivity contribution in [3.05, 3.63) is 11.1 Å². The summed E-state index contributed by atoms with van der Waals surface area (Å²) in [5, 5.41) is 14.8. The summed E-state index contributed by atoms with van der Waals surface area (Å²) in [6.07, 6.45) is 1.92. The second-order valence-corrected chi connectivity index (χ2v) is 3.97. The van der Waals surface area contributed by atoms with Gasteiger partial charge in [-0.2, -0.15) is 0 Å². The van der Waals surface area contributed by atoms with Crippen molar-refractivity contribution in [1.29, 1.82) is 0 Å². The van der Waals surface area contributed by atoms with Crippen LogP contribution in [0.2, 0.25) is 0 Å². The molecular formula is C10H18N2O2S. The predicted octanol–water partition coefficient (Wildman–Crippen LogP) is 1.52. The third-order valence-electron chi connectivity index (χ3n) is 1.89. The van der Waals surface area contributed by atoms with Crippen LogP contribution in [0.5, 0.6) is 0 Å². The Morgan fingerprint density at radius 3 is 3.07 bits per heavy atom. The van der Waals surface area contributed by atoms with E-state index in [1.54, 1.807) is 11.3 Å². The molecule has 0 unspecified atom stereocenters. The molecule has 4 nitrogen and oxygen atoms in total. The van der Waals surface area contributed by atoms with Crippen molar-refractivity contribution in [2.24, 2.45) is 0 Å². The van der Waals surface area contributed by atoms with Crippen LogP contribution in [0.1, 0.15) is 19.0 Å². The predicted molar refractivity (Wildman–Crippen MR) is 62.5 cm³/mol. The Bertz CT molecular complexity index is 266. The zero-order valence-corrected chi connectivity index (χ0v) is 9.85. The number of hydrogen-bond acceptors (Lipinski definition) is 5. The Balaban J connectivity index is 2.04. The van der Waals surface area contributed by atoms with Crippen molar-refractivity contribution >= 4 is 16.5 Å². The quantitative estimate of drug-likeness (QED) is 0.665. The highest BCUT2D eigenvalue weighted by atomic mass is 32.1. The summed E-state index contributed by atoms with van der Waals surface area (Å²) in [4.78, 5) is 4.39. The fourth-order valence-corrected chi connectivity index (χ4v) is 1.91. The maximum atomic E-state index is 8.48. The maximum Gasteiger partial charge on any atom is 0.182 e. The van der Waals surface area contributed by atoms with Crippen LogP contribution < -0.4 is 5.32 Å². The molecular weight excluding hydrogens is 212 g/mol. The van der Waals surface area contributed by atoms with Crippen LogP contribution in [-0.4, -0.2) is 36.5 Å². The molecule has 2 N–H and O–H groups in total. The molecule has 0 aliphatic carbocycles. The summed E-state index contributed by atoms with van der Waals surface area (Å²) in [6.45, 7) is 4.17. The van der Waals surface area contributed by atoms with Crippen molar-refractivity contribution in [3.63, 3.8) is 0 Å². The van der Waals surface area contributed by atoms with Crippen molar-refractivity contribution in [2.45, 2.75) is 19.8 Å². The van der Waals surface area contributed by atoms with Gasteiger partial charge >= 0.3 is 0 Å². The number of aryl methyl sites for hydroxylation is 1. The van der Waals surface area contributed by atoms with Crippen LogP contribution in [-0.2, 0) is 11.2 Å². The van der Waals surface area contributed by atoms with E-state index >= 15 is 0 Å². The molecule has 0 amide bonds. The van der Waals surface area contributed by atoms with E-state index in [2.05, 4.69) is 22.6 Å². The SMILES string of the molecule is CCc1csc(NCCCOCCO)n1. The van der Waals surface area contributed by atoms with Crippen LogP contribution in [0.15, 0.2) is 5.38 Å². The van der Waals surface area contributed by atoms with E-state index in [1.807, 2.05) is 0 Å². The van der Waals surface area contributed by atoms with E-state index in [0.29, 0.717) is 13.2 Å². The Kier molecular flexibility index (Phi) is 6.31. The Labute approximate surface area is 94.3 Å². The topological polar surface area (TPSA) is 54.4 Å². The monoisotopic (exact) mass is 230 g/mol. The number of aliphatic hydroxyl groups is 1. The van der Waals surface area contributed by atoms with Gasteiger partial charge in [-0.1, -0.05) is 6.92 Å². The van der Waals surface area contributed by atoms with Gasteiger partial charge in [0.2, 0.25) is 0 Å². The Hall–Kier alpha value is -0.650. The molecule has 0 bridgehead atoms. The first-order valence-electron chi connectivity index (χ1n) is 5.23. The number of anilines is 1. The summed E-state index contributed by atoms with van der Waals surface area (Å²) in [5.74, 6) is 0. The Morgan fingerprint density at radius 2 is 2.40 bits per heavy atom. The molecule has 0 atom stereocenters. The van der Waals surface area contributed by atoms with Gasteiger partial charge in [-0.05, 0) is 12.8 Å². The third kappa shape index (κ3) is 5.11. The minimum atomic E-state index is 0.0970. The number of aliphatic hydroxyl groups excluding tert-OH is 1. The number of ether oxygens (including phenoxy) is 1. The van der Waals surface area contributed by atoms with Gasteiger partial charge in [0.1, 0.15) is 0 Å². The van der Waals surface area contributed by atoms with E-state index in [-0.39, 0.29) is 6.61 Å². The smallest absolute Gasteiger partial charge is 0.182 e. The zero-order valence-electron chi connectivity index (χ0n) is 9.03. The molecule has 0 aromatic carbocycles. The van der Waals surface area contributed by atoms with Gasteiger partial charge in [0.05, 0.1) is 18.9 Å². The van der Waals surface area contributed by atoms with Crippen LogP contribution in [0.3, 0.4) is 0 Å². The first-order valence-corrected chi connectivity index (χ1v) is 6.11. The van der Waals surface area contributed by atoms with Crippen LogP contribution in [0, 0.1) is 0 Å². The van der Waals surface area contributed by atoms with Crippen molar-refractivity contribution in [2.75, 3.05) is 31.7 Å². The van der Waals surface area contributed by atoms with Crippen molar-refractivity contribution in [1.82, 2.24) is 4.98 Å². The lowest BCUT2D eigenvalue weighted by Crippen LogP contribution is -2.07. The minimum absolute atomic E-state index is 0.0970. The lowest BCUT2D eigenvalue weighted by atomic mass is 10.4. The van der Waals surface area contributed by atoms with Crippen molar-refractivity contribution in [3.8, 4) is 0 Å². The van der Waals surface area contributed by atoms with Gasteiger partial charge in [0.25, 0.3) is 0 Å². The van der Waals surface area contributed by atoms with Crippen LogP contribution in [0.25, 0.3) is 0 Å². The third-order valence-corrected chi connectivity index (χ3v) is 2.74. The first kappa shape index (κ1) is 12.4. The first-order chi connectivity index (χ1) is 7.36. The second kappa shape index (κ2) is 7.62. The summed E-state index contributed by atoms with van der Waals surface area (Å²) in [5.41, 5.74) is 1.14. The molecule has 0 aliphatic heterocycles. The molecule has 0 spiro atoms. The molecule has 0 fully saturated rings. The highest BCUT2D eigenvalue weighted by molar-refractivity contribution is 7.13. The van der Waals surface area contributed by atoms with Gasteiger partial charge in [0.15, 0.2) is 5.13 Å². The summed E-state index contributed by atoms with van der Waals surface area (Å²) < 4.78 is 5.14. The van der Waals surface area contributed by atoms with E-state index in [1.165, 1.54) is 0 Å². The highest BCUT2D eigenvalue weighted by Gasteiger charge is 1.98. The summed E-state index contributed by atoms with van der Waals surface area (Å²) >= 11 is 1.64. The highest BCUT2D eigenvalue weighted by Crippen LogP contribution is 2.15. The number of nitrogens with zero attached hydrogens (tertiary/aromatic N) is 1. The maximum absolute atomic E-state index is 8.48. The molecule has 15 heavy (non-hydrogen) atoms. The van der Waals surface area contributed by atoms with E-state index in [0.717, 1.165) is 30.2 Å². The lowest BCUT2D eigenvalue weighted by Gasteiger charge is -2.03. The summed E-state index contributed by atoms with van der Waals surface area (Å²) in [6, 6.07) is 0. The summed E-state index contributed by atoms with van der Waals surface area (Å²) in [7, 11) is 0. The normalized spacial score (nSPS) is 10.5. The van der Waals surface area contributed by atoms with Gasteiger partial charge in [-0.3, -0.25) is 0 Å². The lowest BCUT2D eigenvalue weighted by molar-refractivity contribution is 0.0922. The Morgan fingerprint density at radius 1 is 1.53 bits per heavy atom. The fourth-order valence-electron chi connectivity index (χ4n) is 1.09. The van der Waals surface area contributed by atoms with Gasteiger partial charge in [-0.25, -0.2) is 4.98 Å². The van der Waals surface area contributed by atoms with E-state index in [9.17, 15) is 0 Å². The second-order valence-electron chi connectivity index (χ2n) is 3.11. The van der Waals surface area contributed by atoms with E-state index in [4.69, 9.17) is 9.84 Å². The number of nitrogens with one attached hydrogen (secondary N) is 1. The molecule has 86 valence electrons. The van der Waals surface area contributed by atoms with E-state index < -0.39 is 0 Å². The molecule has 0 saturated heterocycles. The molecule has 5 heteroatoms. The fraction of sp³-hybridized carbons (Fsp3) is 0.700. The molecule has 1 heterocycles. The number of rotatable bonds is 8. The van der Waals surface area contributed by atoms with Crippen LogP contribution >= 0.6 is 11.3 Å². The molecule has 0 aliphatic rings. The molecule has 1 aromatic heterocycles. The minimum Gasteiger partial charge on any atom is -0.394 e. The van der Waals surface area contributed by atoms with Gasteiger partial charge < -0.3 is 15.2 Å². The average Bonchev–Trinajstić information content (AvgIpc) is 2.71. The molecule has 1 rings (SSSR count). The number of hydrogen-bond donors (Lipinski definition) is 2. The molecule has 1 aromatic rings. The van der Waals surface area contributed by atoms with Crippen LogP contribution in [0.4, 0.5) is 5.13 Å². The molecule has 0 saturated carbocycles. The number of aromatic nitrogens is 1. The van der Waals surface area contributed by atoms with Gasteiger partial charge in [0, 0.05) is 18.5 Å². The largest absolute Gasteiger partial charge is 0.394 e. The standard InChI is InChI=1S/C10H18N2O2S/c1-2-9-8-15-10(12-9)11-4-3-6-14-7-5-13/h8,13H,2-7H2,1H3,(H,11,12). The van der Waals surface area contributed by atoms with Crippen molar-refractivity contribution < 1.29 is 9.84 Å². The number of thiazole rings is 1. The zero-order chi connectivity index (χ0) is 10.9.